The minimum atomic E-state index is -3.42. The summed E-state index contributed by atoms with van der Waals surface area (Å²) in [7, 11) is -3.42. The number of amides is 1. The SMILES string of the molecule is CCCS(=O)(=O)C(C)C(=O)Nc1ccc2oc(C3CC3)nc2c1. The van der Waals surface area contributed by atoms with Crippen LogP contribution in [-0.4, -0.2) is 30.3 Å². The number of carbonyl (C=O) groups is 1. The van der Waals surface area contributed by atoms with Crippen LogP contribution in [0.5, 0.6) is 0 Å². The summed E-state index contributed by atoms with van der Waals surface area (Å²) in [4.78, 5) is 16.6. The maximum absolute atomic E-state index is 12.2. The third kappa shape index (κ3) is 3.39. The fraction of sp³-hybridized carbons (Fsp3) is 0.500. The van der Waals surface area contributed by atoms with Gasteiger partial charge in [-0.3, -0.25) is 4.79 Å². The third-order valence-corrected chi connectivity index (χ3v) is 6.26. The molecule has 1 aromatic carbocycles. The Morgan fingerprint density at radius 2 is 2.17 bits per heavy atom. The highest BCUT2D eigenvalue weighted by molar-refractivity contribution is 7.92. The van der Waals surface area contributed by atoms with Gasteiger partial charge in [-0.2, -0.15) is 0 Å². The predicted octanol–water partition coefficient (Wildman–Crippen LogP) is 2.86. The van der Waals surface area contributed by atoms with Gasteiger partial charge in [-0.25, -0.2) is 13.4 Å². The summed E-state index contributed by atoms with van der Waals surface area (Å²) in [6, 6.07) is 5.15. The predicted molar refractivity (Wildman–Crippen MR) is 88.2 cm³/mol. The summed E-state index contributed by atoms with van der Waals surface area (Å²) in [5.41, 5.74) is 1.88. The lowest BCUT2D eigenvalue weighted by atomic mass is 10.3. The number of hydrogen-bond donors (Lipinski definition) is 1. The minimum Gasteiger partial charge on any atom is -0.440 e. The molecule has 0 bridgehead atoms. The maximum atomic E-state index is 12.2. The molecular formula is C16H20N2O4S. The number of rotatable bonds is 6. The molecule has 1 aromatic heterocycles. The average Bonchev–Trinajstić information content (AvgIpc) is 3.26. The molecule has 1 saturated carbocycles. The van der Waals surface area contributed by atoms with Crippen LogP contribution >= 0.6 is 0 Å². The van der Waals surface area contributed by atoms with Gasteiger partial charge in [0.2, 0.25) is 5.91 Å². The third-order valence-electron chi connectivity index (χ3n) is 3.99. The number of nitrogens with one attached hydrogen (secondary N) is 1. The van der Waals surface area contributed by atoms with Crippen LogP contribution in [0.25, 0.3) is 11.1 Å². The van der Waals surface area contributed by atoms with E-state index in [9.17, 15) is 13.2 Å². The Morgan fingerprint density at radius 3 is 2.83 bits per heavy atom. The topological polar surface area (TPSA) is 89.3 Å². The molecule has 0 spiro atoms. The number of fused-ring (bicyclic) bond motifs is 1. The molecule has 1 amide bonds. The molecule has 3 rings (SSSR count). The van der Waals surface area contributed by atoms with Gasteiger partial charge >= 0.3 is 0 Å². The quantitative estimate of drug-likeness (QED) is 0.876. The zero-order valence-corrected chi connectivity index (χ0v) is 14.0. The fourth-order valence-electron chi connectivity index (χ4n) is 2.40. The van der Waals surface area contributed by atoms with E-state index < -0.39 is 21.0 Å². The molecular weight excluding hydrogens is 316 g/mol. The molecule has 124 valence electrons. The highest BCUT2D eigenvalue weighted by atomic mass is 32.2. The highest BCUT2D eigenvalue weighted by Crippen LogP contribution is 2.40. The largest absolute Gasteiger partial charge is 0.440 e. The zero-order chi connectivity index (χ0) is 16.6. The normalized spacial score (nSPS) is 16.4. The highest BCUT2D eigenvalue weighted by Gasteiger charge is 2.29. The van der Waals surface area contributed by atoms with Gasteiger partial charge < -0.3 is 9.73 Å². The lowest BCUT2D eigenvalue weighted by Crippen LogP contribution is -2.34. The smallest absolute Gasteiger partial charge is 0.242 e. The van der Waals surface area contributed by atoms with Crippen molar-refractivity contribution in [3.05, 3.63) is 24.1 Å². The van der Waals surface area contributed by atoms with Crippen LogP contribution in [0.1, 0.15) is 44.9 Å². The summed E-state index contributed by atoms with van der Waals surface area (Å²) >= 11 is 0. The number of oxazole rings is 1. The molecule has 1 fully saturated rings. The van der Waals surface area contributed by atoms with E-state index in [1.54, 1.807) is 25.1 Å². The monoisotopic (exact) mass is 336 g/mol. The number of aromatic nitrogens is 1. The van der Waals surface area contributed by atoms with Crippen molar-refractivity contribution in [2.45, 2.75) is 44.3 Å². The van der Waals surface area contributed by atoms with Crippen LogP contribution in [0.4, 0.5) is 5.69 Å². The van der Waals surface area contributed by atoms with Gasteiger partial charge in [0, 0.05) is 11.6 Å². The zero-order valence-electron chi connectivity index (χ0n) is 13.2. The van der Waals surface area contributed by atoms with E-state index in [0.29, 0.717) is 29.1 Å². The fourth-order valence-corrected chi connectivity index (χ4v) is 3.70. The average molecular weight is 336 g/mol. The first kappa shape index (κ1) is 16.0. The van der Waals surface area contributed by atoms with Gasteiger partial charge in [0.05, 0.1) is 5.75 Å². The molecule has 1 unspecified atom stereocenters. The van der Waals surface area contributed by atoms with Gasteiger partial charge in [0.1, 0.15) is 10.8 Å². The number of benzene rings is 1. The van der Waals surface area contributed by atoms with Crippen molar-refractivity contribution in [2.24, 2.45) is 0 Å². The molecule has 1 heterocycles. The van der Waals surface area contributed by atoms with Gasteiger partial charge in [-0.05, 0) is 44.4 Å². The van der Waals surface area contributed by atoms with E-state index in [1.165, 1.54) is 6.92 Å². The summed E-state index contributed by atoms with van der Waals surface area (Å²) in [5.74, 6) is 0.639. The second-order valence-corrected chi connectivity index (χ2v) is 8.45. The van der Waals surface area contributed by atoms with Gasteiger partial charge in [0.25, 0.3) is 0 Å². The number of hydrogen-bond acceptors (Lipinski definition) is 5. The minimum absolute atomic E-state index is 0.00859. The Hall–Kier alpha value is -1.89. The van der Waals surface area contributed by atoms with E-state index in [1.807, 2.05) is 0 Å². The maximum Gasteiger partial charge on any atom is 0.242 e. The molecule has 7 heteroatoms. The van der Waals surface area contributed by atoms with Gasteiger partial charge in [0.15, 0.2) is 21.3 Å². The van der Waals surface area contributed by atoms with Crippen molar-refractivity contribution in [3.8, 4) is 0 Å². The first-order valence-electron chi connectivity index (χ1n) is 7.83. The van der Waals surface area contributed by atoms with Crippen LogP contribution in [0, 0.1) is 0 Å². The molecule has 1 aliphatic rings. The summed E-state index contributed by atoms with van der Waals surface area (Å²) in [6.07, 6.45) is 2.70. The molecule has 0 aliphatic heterocycles. The van der Waals surface area contributed by atoms with Crippen molar-refractivity contribution in [2.75, 3.05) is 11.1 Å². The second kappa shape index (κ2) is 5.96. The van der Waals surface area contributed by atoms with Gasteiger partial charge in [-0.1, -0.05) is 6.92 Å². The molecule has 6 nitrogen and oxygen atoms in total. The number of anilines is 1. The summed E-state index contributed by atoms with van der Waals surface area (Å²) in [6.45, 7) is 3.19. The summed E-state index contributed by atoms with van der Waals surface area (Å²) in [5, 5.41) is 1.58. The molecule has 1 atom stereocenters. The van der Waals surface area contributed by atoms with E-state index in [-0.39, 0.29) is 5.75 Å². The van der Waals surface area contributed by atoms with Crippen LogP contribution in [0.2, 0.25) is 0 Å². The van der Waals surface area contributed by atoms with E-state index >= 15 is 0 Å². The van der Waals surface area contributed by atoms with Crippen LogP contribution in [0.3, 0.4) is 0 Å². The van der Waals surface area contributed by atoms with Crippen molar-refractivity contribution >= 4 is 32.5 Å². The van der Waals surface area contributed by atoms with E-state index in [0.717, 1.165) is 18.7 Å². The first-order chi connectivity index (χ1) is 10.9. The van der Waals surface area contributed by atoms with E-state index in [2.05, 4.69) is 10.3 Å². The number of nitrogens with zero attached hydrogens (tertiary/aromatic N) is 1. The molecule has 0 saturated heterocycles. The standard InChI is InChI=1S/C16H20N2O4S/c1-3-8-23(20,21)10(2)15(19)17-12-6-7-14-13(9-12)18-16(22-14)11-4-5-11/h6-7,9-11H,3-5,8H2,1-2H3,(H,17,19). The first-order valence-corrected chi connectivity index (χ1v) is 9.55. The van der Waals surface area contributed by atoms with Crippen LogP contribution in [-0.2, 0) is 14.6 Å². The Labute approximate surface area is 135 Å². The Morgan fingerprint density at radius 1 is 1.43 bits per heavy atom. The van der Waals surface area contributed by atoms with Gasteiger partial charge in [-0.15, -0.1) is 0 Å². The van der Waals surface area contributed by atoms with Crippen molar-refractivity contribution < 1.29 is 17.6 Å². The van der Waals surface area contributed by atoms with Crippen molar-refractivity contribution in [1.29, 1.82) is 0 Å². The Kier molecular flexibility index (Phi) is 4.14. The summed E-state index contributed by atoms with van der Waals surface area (Å²) < 4.78 is 29.6. The van der Waals surface area contributed by atoms with Crippen molar-refractivity contribution in [1.82, 2.24) is 4.98 Å². The molecule has 0 radical (unpaired) electrons. The molecule has 23 heavy (non-hydrogen) atoms. The van der Waals surface area contributed by atoms with E-state index in [4.69, 9.17) is 4.42 Å². The molecule has 1 aliphatic carbocycles. The molecule has 1 N–H and O–H groups in total. The lowest BCUT2D eigenvalue weighted by molar-refractivity contribution is -0.115. The van der Waals surface area contributed by atoms with Crippen LogP contribution in [0.15, 0.2) is 22.6 Å². The molecule has 2 aromatic rings. The number of carbonyl (C=O) groups excluding carboxylic acids is 1. The van der Waals surface area contributed by atoms with Crippen molar-refractivity contribution in [3.63, 3.8) is 0 Å². The Balaban J connectivity index is 1.76. The lowest BCUT2D eigenvalue weighted by Gasteiger charge is -2.12. The van der Waals surface area contributed by atoms with Crippen LogP contribution < -0.4 is 5.32 Å². The number of sulfone groups is 1. The second-order valence-electron chi connectivity index (χ2n) is 6.01. The Bertz CT molecular complexity index is 837.